The van der Waals surface area contributed by atoms with Gasteiger partial charge in [-0.3, -0.25) is 9.36 Å². The van der Waals surface area contributed by atoms with E-state index in [1.54, 1.807) is 31.6 Å². The first-order valence-electron chi connectivity index (χ1n) is 14.9. The lowest BCUT2D eigenvalue weighted by molar-refractivity contribution is -0.139. The molecule has 0 N–H and O–H groups in total. The average molecular weight is 659 g/mol. The number of halogens is 1. The summed E-state index contributed by atoms with van der Waals surface area (Å²) in [6.45, 7) is 10.3. The molecule has 0 aliphatic carbocycles. The fourth-order valence-corrected chi connectivity index (χ4v) is 6.48. The van der Waals surface area contributed by atoms with Crippen molar-refractivity contribution >= 4 is 35.0 Å². The van der Waals surface area contributed by atoms with Crippen molar-refractivity contribution < 1.29 is 23.7 Å². The van der Waals surface area contributed by atoms with Crippen LogP contribution in [0.1, 0.15) is 49.1 Å². The second-order valence-corrected chi connectivity index (χ2v) is 11.9. The fraction of sp³-hybridized carbons (Fsp3) is 0.250. The summed E-state index contributed by atoms with van der Waals surface area (Å²) < 4.78 is 25.2. The molecular formula is C36H35ClN2O6S. The molecule has 10 heteroatoms. The number of carbonyl (C=O) groups is 1. The van der Waals surface area contributed by atoms with E-state index in [0.29, 0.717) is 68.1 Å². The third-order valence-electron chi connectivity index (χ3n) is 7.34. The van der Waals surface area contributed by atoms with Crippen LogP contribution in [0, 0.1) is 0 Å². The van der Waals surface area contributed by atoms with Crippen LogP contribution < -0.4 is 29.1 Å². The molecule has 1 aliphatic heterocycles. The molecule has 0 fully saturated rings. The van der Waals surface area contributed by atoms with Gasteiger partial charge in [0, 0.05) is 10.6 Å². The standard InChI is InChI=1S/C36H35ClN2O6S/c1-6-10-26-17-24(18-29(43-7-2)33(26)45-21-23-13-15-27(37)16-14-23)19-30-34(40)39-32(25-11-9-12-28(20-25)42-5)31(35(41)44-8-3)22(4)38-36(39)46-30/h6,9,11-20,32H,1,7-8,10,21H2,2-5H3/b30-19+/t32-/m0/s1. The zero-order valence-corrected chi connectivity index (χ0v) is 27.7. The lowest BCUT2D eigenvalue weighted by Crippen LogP contribution is -2.39. The number of hydrogen-bond donors (Lipinski definition) is 0. The number of fused-ring (bicyclic) bond motifs is 1. The zero-order valence-electron chi connectivity index (χ0n) is 26.2. The summed E-state index contributed by atoms with van der Waals surface area (Å²) in [6.07, 6.45) is 4.14. The number of methoxy groups -OCH3 is 1. The molecule has 1 aliphatic rings. The molecular weight excluding hydrogens is 624 g/mol. The number of benzene rings is 3. The Morgan fingerprint density at radius 1 is 1.09 bits per heavy atom. The molecule has 0 unspecified atom stereocenters. The van der Waals surface area contributed by atoms with Gasteiger partial charge in [0.2, 0.25) is 0 Å². The van der Waals surface area contributed by atoms with Gasteiger partial charge >= 0.3 is 5.97 Å². The predicted molar refractivity (Wildman–Crippen MR) is 181 cm³/mol. The Labute approximate surface area is 276 Å². The predicted octanol–water partition coefficient (Wildman–Crippen LogP) is 6.17. The molecule has 0 spiro atoms. The second kappa shape index (κ2) is 14.7. The Balaban J connectivity index is 1.63. The maximum atomic E-state index is 14.2. The quantitative estimate of drug-likeness (QED) is 0.134. The number of esters is 1. The normalized spacial score (nSPS) is 14.4. The van der Waals surface area contributed by atoms with Crippen molar-refractivity contribution in [1.82, 2.24) is 4.57 Å². The minimum absolute atomic E-state index is 0.194. The number of aromatic nitrogens is 1. The minimum atomic E-state index is -0.744. The van der Waals surface area contributed by atoms with E-state index in [0.717, 1.165) is 16.7 Å². The van der Waals surface area contributed by atoms with Crippen LogP contribution >= 0.6 is 22.9 Å². The third-order valence-corrected chi connectivity index (χ3v) is 8.57. The van der Waals surface area contributed by atoms with E-state index >= 15 is 0 Å². The number of allylic oxidation sites excluding steroid dienone is 2. The van der Waals surface area contributed by atoms with Gasteiger partial charge in [-0.25, -0.2) is 9.79 Å². The van der Waals surface area contributed by atoms with Crippen molar-refractivity contribution in [3.8, 4) is 17.2 Å². The third kappa shape index (κ3) is 6.95. The van der Waals surface area contributed by atoms with Gasteiger partial charge in [-0.15, -0.1) is 6.58 Å². The molecule has 1 atom stereocenters. The summed E-state index contributed by atoms with van der Waals surface area (Å²) in [7, 11) is 1.57. The fourth-order valence-electron chi connectivity index (χ4n) is 5.31. The van der Waals surface area contributed by atoms with Gasteiger partial charge in [0.1, 0.15) is 12.4 Å². The summed E-state index contributed by atoms with van der Waals surface area (Å²) >= 11 is 7.31. The summed E-state index contributed by atoms with van der Waals surface area (Å²) in [5.74, 6) is 1.26. The molecule has 0 saturated carbocycles. The van der Waals surface area contributed by atoms with E-state index in [2.05, 4.69) is 11.6 Å². The topological polar surface area (TPSA) is 88.4 Å². The number of hydrogen-bond acceptors (Lipinski definition) is 8. The van der Waals surface area contributed by atoms with Gasteiger partial charge in [-0.1, -0.05) is 53.3 Å². The maximum absolute atomic E-state index is 14.2. The molecule has 4 aromatic rings. The first-order valence-corrected chi connectivity index (χ1v) is 16.1. The van der Waals surface area contributed by atoms with Gasteiger partial charge in [0.05, 0.1) is 42.2 Å². The molecule has 1 aromatic heterocycles. The van der Waals surface area contributed by atoms with Crippen molar-refractivity contribution in [1.29, 1.82) is 0 Å². The van der Waals surface area contributed by atoms with Crippen LogP contribution in [0.2, 0.25) is 5.02 Å². The maximum Gasteiger partial charge on any atom is 0.338 e. The number of nitrogens with zero attached hydrogens (tertiary/aromatic N) is 2. The van der Waals surface area contributed by atoms with Crippen LogP contribution in [0.3, 0.4) is 0 Å². The van der Waals surface area contributed by atoms with E-state index < -0.39 is 12.0 Å². The molecule has 238 valence electrons. The summed E-state index contributed by atoms with van der Waals surface area (Å²) in [6, 6.07) is 17.9. The van der Waals surface area contributed by atoms with Crippen molar-refractivity contribution in [2.24, 2.45) is 4.99 Å². The lowest BCUT2D eigenvalue weighted by Gasteiger charge is -2.25. The van der Waals surface area contributed by atoms with Crippen LogP contribution in [0.15, 0.2) is 94.4 Å². The highest BCUT2D eigenvalue weighted by Crippen LogP contribution is 2.35. The first kappa shape index (κ1) is 32.8. The highest BCUT2D eigenvalue weighted by molar-refractivity contribution is 7.07. The monoisotopic (exact) mass is 658 g/mol. The largest absolute Gasteiger partial charge is 0.497 e. The van der Waals surface area contributed by atoms with Gasteiger partial charge in [-0.05, 0) is 86.4 Å². The second-order valence-electron chi connectivity index (χ2n) is 10.4. The van der Waals surface area contributed by atoms with Crippen molar-refractivity contribution in [2.75, 3.05) is 20.3 Å². The van der Waals surface area contributed by atoms with Crippen molar-refractivity contribution in [3.05, 3.63) is 132 Å². The molecule has 3 aromatic carbocycles. The van der Waals surface area contributed by atoms with E-state index in [9.17, 15) is 9.59 Å². The SMILES string of the molecule is C=CCc1cc(/C=c2/sc3n(c2=O)[C@@H](c2cccc(OC)c2)C(C(=O)OCC)=C(C)N=3)cc(OCC)c1OCc1ccc(Cl)cc1. The highest BCUT2D eigenvalue weighted by atomic mass is 35.5. The molecule has 0 radical (unpaired) electrons. The van der Waals surface area contributed by atoms with E-state index in [4.69, 9.17) is 30.5 Å². The van der Waals surface area contributed by atoms with E-state index in [1.165, 1.54) is 11.3 Å². The Hall–Kier alpha value is -4.60. The average Bonchev–Trinajstić information content (AvgIpc) is 3.34. The molecule has 2 heterocycles. The van der Waals surface area contributed by atoms with Crippen LogP contribution in [0.4, 0.5) is 0 Å². The number of rotatable bonds is 12. The Bertz CT molecular complexity index is 1980. The molecule has 0 bridgehead atoms. The van der Waals surface area contributed by atoms with Crippen LogP contribution in [-0.2, 0) is 22.6 Å². The van der Waals surface area contributed by atoms with Crippen molar-refractivity contribution in [3.63, 3.8) is 0 Å². The zero-order chi connectivity index (χ0) is 32.8. The van der Waals surface area contributed by atoms with E-state index in [1.807, 2.05) is 73.7 Å². The molecule has 0 amide bonds. The van der Waals surface area contributed by atoms with Gasteiger partial charge in [-0.2, -0.15) is 0 Å². The summed E-state index contributed by atoms with van der Waals surface area (Å²) in [5.41, 5.74) is 3.81. The van der Waals surface area contributed by atoms with Gasteiger partial charge in [0.25, 0.3) is 5.56 Å². The summed E-state index contributed by atoms with van der Waals surface area (Å²) in [5, 5.41) is 0.655. The molecule has 5 rings (SSSR count). The number of carbonyl (C=O) groups excluding carboxylic acids is 1. The van der Waals surface area contributed by atoms with Crippen molar-refractivity contribution in [2.45, 2.75) is 39.8 Å². The smallest absolute Gasteiger partial charge is 0.338 e. The number of thiazole rings is 1. The van der Waals surface area contributed by atoms with Gasteiger partial charge < -0.3 is 18.9 Å². The molecule has 46 heavy (non-hydrogen) atoms. The minimum Gasteiger partial charge on any atom is -0.497 e. The van der Waals surface area contributed by atoms with Crippen LogP contribution in [0.5, 0.6) is 17.2 Å². The first-order chi connectivity index (χ1) is 22.3. The highest BCUT2D eigenvalue weighted by Gasteiger charge is 2.33. The van der Waals surface area contributed by atoms with Crippen LogP contribution in [-0.4, -0.2) is 30.9 Å². The summed E-state index contributed by atoms with van der Waals surface area (Å²) in [4.78, 5) is 32.5. The van der Waals surface area contributed by atoms with Gasteiger partial charge in [0.15, 0.2) is 16.3 Å². The Kier molecular flexibility index (Phi) is 10.4. The van der Waals surface area contributed by atoms with E-state index in [-0.39, 0.29) is 12.2 Å². The Morgan fingerprint density at radius 3 is 2.57 bits per heavy atom. The van der Waals surface area contributed by atoms with Crippen LogP contribution in [0.25, 0.3) is 6.08 Å². The lowest BCUT2D eigenvalue weighted by atomic mass is 9.95. The number of ether oxygens (including phenoxy) is 4. The Morgan fingerprint density at radius 2 is 1.87 bits per heavy atom. The molecule has 8 nitrogen and oxygen atoms in total. The molecule has 0 saturated heterocycles.